The van der Waals surface area contributed by atoms with Crippen molar-refractivity contribution in [3.05, 3.63) is 0 Å². The van der Waals surface area contributed by atoms with E-state index in [1.165, 1.54) is 0 Å². The van der Waals surface area contributed by atoms with E-state index >= 15 is 0 Å². The number of nitrogens with two attached hydrogens (primary N) is 1. The number of hydrogen-bond acceptors (Lipinski definition) is 3. The molecule has 1 aliphatic rings. The molecule has 1 unspecified atom stereocenters. The van der Waals surface area contributed by atoms with E-state index < -0.39 is 0 Å². The molecule has 4 heteroatoms. The van der Waals surface area contributed by atoms with Crippen LogP contribution < -0.4 is 11.1 Å². The van der Waals surface area contributed by atoms with Gasteiger partial charge in [0, 0.05) is 18.5 Å². The molecule has 1 saturated heterocycles. The number of piperidine rings is 1. The van der Waals surface area contributed by atoms with E-state index in [0.717, 1.165) is 32.4 Å². The second-order valence-corrected chi connectivity index (χ2v) is 4.43. The maximum atomic E-state index is 11.8. The number of likely N-dealkylation sites (tertiary alicyclic amines) is 1. The van der Waals surface area contributed by atoms with E-state index in [1.807, 2.05) is 6.92 Å². The normalized spacial score (nSPS) is 21.3. The van der Waals surface area contributed by atoms with Crippen molar-refractivity contribution >= 4 is 5.91 Å². The van der Waals surface area contributed by atoms with Gasteiger partial charge in [-0.1, -0.05) is 6.92 Å². The average Bonchev–Trinajstić information content (AvgIpc) is 2.23. The van der Waals surface area contributed by atoms with Gasteiger partial charge in [0.1, 0.15) is 0 Å². The fourth-order valence-corrected chi connectivity index (χ4v) is 1.93. The van der Waals surface area contributed by atoms with Gasteiger partial charge in [0.2, 0.25) is 5.91 Å². The Kier molecular flexibility index (Phi) is 5.05. The summed E-state index contributed by atoms with van der Waals surface area (Å²) in [6, 6.07) is 0.356. The van der Waals surface area contributed by atoms with E-state index in [2.05, 4.69) is 17.3 Å². The molecule has 0 radical (unpaired) electrons. The van der Waals surface area contributed by atoms with Crippen LogP contribution in [0.4, 0.5) is 0 Å². The largest absolute Gasteiger partial charge is 0.353 e. The minimum absolute atomic E-state index is 0.00958. The first-order valence-corrected chi connectivity index (χ1v) is 5.86. The highest BCUT2D eigenvalue weighted by molar-refractivity contribution is 5.79. The minimum Gasteiger partial charge on any atom is -0.353 e. The van der Waals surface area contributed by atoms with Gasteiger partial charge in [-0.25, -0.2) is 0 Å². The summed E-state index contributed by atoms with van der Waals surface area (Å²) < 4.78 is 0. The second-order valence-electron chi connectivity index (χ2n) is 4.43. The summed E-state index contributed by atoms with van der Waals surface area (Å²) in [5.41, 5.74) is 5.54. The number of amides is 1. The minimum atomic E-state index is -0.00958. The first-order chi connectivity index (χ1) is 7.17. The van der Waals surface area contributed by atoms with Crippen molar-refractivity contribution in [2.75, 3.05) is 26.7 Å². The maximum Gasteiger partial charge on any atom is 0.224 e. The Balaban J connectivity index is 2.31. The lowest BCUT2D eigenvalue weighted by Gasteiger charge is -2.30. The third-order valence-electron chi connectivity index (χ3n) is 3.21. The van der Waals surface area contributed by atoms with Gasteiger partial charge in [-0.3, -0.25) is 4.79 Å². The van der Waals surface area contributed by atoms with E-state index in [4.69, 9.17) is 5.73 Å². The van der Waals surface area contributed by atoms with Crippen molar-refractivity contribution in [2.45, 2.75) is 32.2 Å². The molecule has 1 aliphatic heterocycles. The van der Waals surface area contributed by atoms with Crippen molar-refractivity contribution < 1.29 is 4.79 Å². The van der Waals surface area contributed by atoms with Gasteiger partial charge in [0.15, 0.2) is 0 Å². The van der Waals surface area contributed by atoms with Gasteiger partial charge in [0.25, 0.3) is 0 Å². The van der Waals surface area contributed by atoms with E-state index in [-0.39, 0.29) is 11.8 Å². The molecular weight excluding hydrogens is 190 g/mol. The van der Waals surface area contributed by atoms with Crippen LogP contribution in [0.15, 0.2) is 0 Å². The number of carbonyl (C=O) groups excluding carboxylic acids is 1. The Morgan fingerprint density at radius 3 is 2.60 bits per heavy atom. The summed E-state index contributed by atoms with van der Waals surface area (Å²) in [6.07, 6.45) is 2.95. The zero-order valence-corrected chi connectivity index (χ0v) is 9.83. The Morgan fingerprint density at radius 1 is 1.53 bits per heavy atom. The number of nitrogens with zero attached hydrogens (tertiary/aromatic N) is 1. The standard InChI is InChI=1S/C11H23N3O/c1-3-9(8-12)11(15)13-10-4-6-14(2)7-5-10/h9-10H,3-8,12H2,1-2H3,(H,13,15). The lowest BCUT2D eigenvalue weighted by atomic mass is 10.0. The van der Waals surface area contributed by atoms with Crippen LogP contribution in [0.3, 0.4) is 0 Å². The van der Waals surface area contributed by atoms with Crippen molar-refractivity contribution in [1.29, 1.82) is 0 Å². The van der Waals surface area contributed by atoms with E-state index in [9.17, 15) is 4.79 Å². The number of nitrogens with one attached hydrogen (secondary N) is 1. The van der Waals surface area contributed by atoms with Crippen molar-refractivity contribution in [1.82, 2.24) is 10.2 Å². The molecule has 88 valence electrons. The Labute approximate surface area is 92.2 Å². The molecule has 1 amide bonds. The number of carbonyl (C=O) groups is 1. The molecule has 0 bridgehead atoms. The van der Waals surface area contributed by atoms with Crippen LogP contribution in [0.2, 0.25) is 0 Å². The quantitative estimate of drug-likeness (QED) is 0.700. The van der Waals surface area contributed by atoms with Crippen LogP contribution in [-0.4, -0.2) is 43.5 Å². The molecular formula is C11H23N3O. The Bertz CT molecular complexity index is 196. The van der Waals surface area contributed by atoms with Crippen molar-refractivity contribution in [3.63, 3.8) is 0 Å². The van der Waals surface area contributed by atoms with Gasteiger partial charge in [0.05, 0.1) is 0 Å². The van der Waals surface area contributed by atoms with Gasteiger partial charge in [-0.15, -0.1) is 0 Å². The first kappa shape index (κ1) is 12.5. The topological polar surface area (TPSA) is 58.4 Å². The van der Waals surface area contributed by atoms with Crippen molar-refractivity contribution in [2.24, 2.45) is 11.7 Å². The molecule has 0 aromatic heterocycles. The van der Waals surface area contributed by atoms with E-state index in [1.54, 1.807) is 0 Å². The highest BCUT2D eigenvalue weighted by atomic mass is 16.1. The zero-order chi connectivity index (χ0) is 11.3. The third-order valence-corrected chi connectivity index (χ3v) is 3.21. The van der Waals surface area contributed by atoms with Gasteiger partial charge in [-0.2, -0.15) is 0 Å². The zero-order valence-electron chi connectivity index (χ0n) is 9.83. The summed E-state index contributed by atoms with van der Waals surface area (Å²) in [7, 11) is 2.12. The molecule has 0 aromatic carbocycles. The highest BCUT2D eigenvalue weighted by Gasteiger charge is 2.21. The van der Waals surface area contributed by atoms with Crippen LogP contribution in [-0.2, 0) is 4.79 Å². The van der Waals surface area contributed by atoms with Crippen LogP contribution in [0.1, 0.15) is 26.2 Å². The number of hydrogen-bond donors (Lipinski definition) is 2. The SMILES string of the molecule is CCC(CN)C(=O)NC1CCN(C)CC1. The predicted octanol–water partition coefficient (Wildman–Crippen LogP) is 0.182. The Morgan fingerprint density at radius 2 is 2.13 bits per heavy atom. The van der Waals surface area contributed by atoms with Gasteiger partial charge < -0.3 is 16.0 Å². The molecule has 1 heterocycles. The molecule has 0 aliphatic carbocycles. The molecule has 4 nitrogen and oxygen atoms in total. The van der Waals surface area contributed by atoms with E-state index in [0.29, 0.717) is 12.6 Å². The molecule has 1 atom stereocenters. The summed E-state index contributed by atoms with van der Waals surface area (Å²) >= 11 is 0. The Hall–Kier alpha value is -0.610. The summed E-state index contributed by atoms with van der Waals surface area (Å²) in [6.45, 7) is 4.61. The summed E-state index contributed by atoms with van der Waals surface area (Å²) in [5.74, 6) is 0.124. The monoisotopic (exact) mass is 213 g/mol. The maximum absolute atomic E-state index is 11.8. The molecule has 15 heavy (non-hydrogen) atoms. The summed E-state index contributed by atoms with van der Waals surface area (Å²) in [4.78, 5) is 14.0. The van der Waals surface area contributed by atoms with Crippen LogP contribution >= 0.6 is 0 Å². The molecule has 1 rings (SSSR count). The first-order valence-electron chi connectivity index (χ1n) is 5.86. The molecule has 0 aromatic rings. The van der Waals surface area contributed by atoms with Crippen LogP contribution in [0.25, 0.3) is 0 Å². The second kappa shape index (κ2) is 6.08. The van der Waals surface area contributed by atoms with Crippen LogP contribution in [0.5, 0.6) is 0 Å². The fourth-order valence-electron chi connectivity index (χ4n) is 1.93. The molecule has 1 fully saturated rings. The van der Waals surface area contributed by atoms with Crippen molar-refractivity contribution in [3.8, 4) is 0 Å². The van der Waals surface area contributed by atoms with Gasteiger partial charge >= 0.3 is 0 Å². The predicted molar refractivity (Wildman–Crippen MR) is 61.5 cm³/mol. The van der Waals surface area contributed by atoms with Crippen LogP contribution in [0, 0.1) is 5.92 Å². The lowest BCUT2D eigenvalue weighted by Crippen LogP contribution is -2.46. The number of rotatable bonds is 4. The fraction of sp³-hybridized carbons (Fsp3) is 0.909. The molecule has 3 N–H and O–H groups in total. The smallest absolute Gasteiger partial charge is 0.224 e. The van der Waals surface area contributed by atoms with Gasteiger partial charge in [-0.05, 0) is 39.4 Å². The average molecular weight is 213 g/mol. The molecule has 0 saturated carbocycles. The highest BCUT2D eigenvalue weighted by Crippen LogP contribution is 2.09. The lowest BCUT2D eigenvalue weighted by molar-refractivity contribution is -0.125. The molecule has 0 spiro atoms. The summed E-state index contributed by atoms with van der Waals surface area (Å²) in [5, 5.41) is 3.10. The third kappa shape index (κ3) is 3.80.